The van der Waals surface area contributed by atoms with Crippen LogP contribution in [0.1, 0.15) is 36.2 Å². The second-order valence-electron chi connectivity index (χ2n) is 6.38. The molecule has 0 bridgehead atoms. The van der Waals surface area contributed by atoms with Gasteiger partial charge in [0.1, 0.15) is 0 Å². The molecule has 1 unspecified atom stereocenters. The van der Waals surface area contributed by atoms with Gasteiger partial charge in [-0.15, -0.1) is 0 Å². The first kappa shape index (κ1) is 16.0. The third kappa shape index (κ3) is 4.83. The smallest absolute Gasteiger partial charge is 0.251 e. The Hall–Kier alpha value is -1.39. The highest BCUT2D eigenvalue weighted by Gasteiger charge is 2.21. The topological polar surface area (TPSA) is 52.6 Å². The van der Waals surface area contributed by atoms with E-state index in [1.165, 1.54) is 0 Å². The first-order valence-electron chi connectivity index (χ1n) is 7.79. The van der Waals surface area contributed by atoms with Crippen LogP contribution < -0.4 is 5.32 Å². The summed E-state index contributed by atoms with van der Waals surface area (Å²) < 4.78 is 0. The summed E-state index contributed by atoms with van der Waals surface area (Å²) in [5.41, 5.74) is 1.89. The third-order valence-corrected chi connectivity index (χ3v) is 3.89. The van der Waals surface area contributed by atoms with Gasteiger partial charge in [0.2, 0.25) is 0 Å². The average Bonchev–Trinajstić information content (AvgIpc) is 2.92. The first-order chi connectivity index (χ1) is 10.1. The minimum atomic E-state index is 0.000191. The number of hydrogen-bond acceptors (Lipinski definition) is 3. The normalized spacial score (nSPS) is 19.1. The van der Waals surface area contributed by atoms with E-state index in [2.05, 4.69) is 30.1 Å². The molecule has 1 saturated heterocycles. The molecule has 0 radical (unpaired) electrons. The summed E-state index contributed by atoms with van der Waals surface area (Å²) in [7, 11) is 0. The van der Waals surface area contributed by atoms with Crippen LogP contribution in [0.15, 0.2) is 24.3 Å². The number of nitrogens with one attached hydrogen (secondary N) is 1. The van der Waals surface area contributed by atoms with E-state index in [-0.39, 0.29) is 12.5 Å². The molecular weight excluding hydrogens is 264 g/mol. The van der Waals surface area contributed by atoms with Crippen LogP contribution >= 0.6 is 0 Å². The Morgan fingerprint density at radius 1 is 1.48 bits per heavy atom. The highest BCUT2D eigenvalue weighted by atomic mass is 16.3. The van der Waals surface area contributed by atoms with Gasteiger partial charge in [0.05, 0.1) is 0 Å². The van der Waals surface area contributed by atoms with Gasteiger partial charge in [-0.2, -0.15) is 0 Å². The van der Waals surface area contributed by atoms with E-state index in [0.717, 1.165) is 37.2 Å². The zero-order valence-electron chi connectivity index (χ0n) is 13.0. The van der Waals surface area contributed by atoms with Crippen molar-refractivity contribution in [3.05, 3.63) is 35.4 Å². The number of nitrogens with zero attached hydrogens (tertiary/aromatic N) is 1. The lowest BCUT2D eigenvalue weighted by atomic mass is 10.1. The van der Waals surface area contributed by atoms with E-state index in [1.54, 1.807) is 0 Å². The van der Waals surface area contributed by atoms with Crippen molar-refractivity contribution in [2.24, 2.45) is 11.8 Å². The molecule has 4 heteroatoms. The standard InChI is InChI=1S/C17H26N2O2/c1-13(2)9-18-17(21)16-5-3-4-14(8-16)10-19-7-6-15(11-19)12-20/h3-5,8,13,15,20H,6-7,9-12H2,1-2H3,(H,18,21). The monoisotopic (exact) mass is 290 g/mol. The highest BCUT2D eigenvalue weighted by Crippen LogP contribution is 2.18. The maximum Gasteiger partial charge on any atom is 0.251 e. The summed E-state index contributed by atoms with van der Waals surface area (Å²) in [5.74, 6) is 0.861. The van der Waals surface area contributed by atoms with Gasteiger partial charge in [0.25, 0.3) is 5.91 Å². The molecule has 1 aromatic carbocycles. The molecule has 1 atom stereocenters. The largest absolute Gasteiger partial charge is 0.396 e. The lowest BCUT2D eigenvalue weighted by molar-refractivity contribution is 0.0949. The van der Waals surface area contributed by atoms with Gasteiger partial charge in [-0.05, 0) is 42.5 Å². The highest BCUT2D eigenvalue weighted by molar-refractivity contribution is 5.94. The molecular formula is C17H26N2O2. The van der Waals surface area contributed by atoms with Crippen molar-refractivity contribution in [3.8, 4) is 0 Å². The maximum atomic E-state index is 12.1. The molecule has 1 aliphatic rings. The van der Waals surface area contributed by atoms with Crippen LogP contribution in [0.4, 0.5) is 0 Å². The number of aliphatic hydroxyl groups excluding tert-OH is 1. The number of hydrogen-bond donors (Lipinski definition) is 2. The molecule has 1 aromatic rings. The van der Waals surface area contributed by atoms with Gasteiger partial charge in [0.15, 0.2) is 0 Å². The SMILES string of the molecule is CC(C)CNC(=O)c1cccc(CN2CCC(CO)C2)c1. The predicted molar refractivity (Wildman–Crippen MR) is 84.1 cm³/mol. The molecule has 1 amide bonds. The Morgan fingerprint density at radius 2 is 2.29 bits per heavy atom. The van der Waals surface area contributed by atoms with E-state index in [9.17, 15) is 9.90 Å². The number of benzene rings is 1. The molecule has 0 spiro atoms. The molecule has 0 aromatic heterocycles. The molecule has 0 saturated carbocycles. The van der Waals surface area contributed by atoms with Crippen molar-refractivity contribution >= 4 is 5.91 Å². The van der Waals surface area contributed by atoms with Gasteiger partial charge >= 0.3 is 0 Å². The summed E-state index contributed by atoms with van der Waals surface area (Å²) in [4.78, 5) is 14.4. The molecule has 2 rings (SSSR count). The maximum absolute atomic E-state index is 12.1. The Kier molecular flexibility index (Phi) is 5.76. The molecule has 1 fully saturated rings. The zero-order valence-corrected chi connectivity index (χ0v) is 13.0. The fourth-order valence-electron chi connectivity index (χ4n) is 2.67. The zero-order chi connectivity index (χ0) is 15.2. The summed E-state index contributed by atoms with van der Waals surface area (Å²) in [6.07, 6.45) is 1.06. The van der Waals surface area contributed by atoms with Crippen molar-refractivity contribution < 1.29 is 9.90 Å². The van der Waals surface area contributed by atoms with Gasteiger partial charge in [-0.3, -0.25) is 9.69 Å². The molecule has 0 aliphatic carbocycles. The lowest BCUT2D eigenvalue weighted by Gasteiger charge is -2.16. The van der Waals surface area contributed by atoms with E-state index in [4.69, 9.17) is 0 Å². The Balaban J connectivity index is 1.93. The van der Waals surface area contributed by atoms with Gasteiger partial charge < -0.3 is 10.4 Å². The van der Waals surface area contributed by atoms with Crippen LogP contribution in [0.3, 0.4) is 0 Å². The van der Waals surface area contributed by atoms with Crippen molar-refractivity contribution in [3.63, 3.8) is 0 Å². The Labute approximate surface area is 127 Å². The van der Waals surface area contributed by atoms with Crippen LogP contribution in [0.5, 0.6) is 0 Å². The van der Waals surface area contributed by atoms with Crippen molar-refractivity contribution in [2.75, 3.05) is 26.2 Å². The number of amides is 1. The summed E-state index contributed by atoms with van der Waals surface area (Å²) in [6, 6.07) is 7.84. The Bertz CT molecular complexity index is 474. The Morgan fingerprint density at radius 3 is 2.95 bits per heavy atom. The molecule has 116 valence electrons. The second-order valence-corrected chi connectivity index (χ2v) is 6.38. The average molecular weight is 290 g/mol. The molecule has 2 N–H and O–H groups in total. The number of likely N-dealkylation sites (tertiary alicyclic amines) is 1. The van der Waals surface area contributed by atoms with Crippen LogP contribution in [0, 0.1) is 11.8 Å². The van der Waals surface area contributed by atoms with E-state index >= 15 is 0 Å². The minimum Gasteiger partial charge on any atom is -0.396 e. The quantitative estimate of drug-likeness (QED) is 0.841. The lowest BCUT2D eigenvalue weighted by Crippen LogP contribution is -2.27. The van der Waals surface area contributed by atoms with Gasteiger partial charge in [-0.25, -0.2) is 0 Å². The van der Waals surface area contributed by atoms with Crippen LogP contribution in [0.25, 0.3) is 0 Å². The van der Waals surface area contributed by atoms with Crippen LogP contribution in [0.2, 0.25) is 0 Å². The van der Waals surface area contributed by atoms with Crippen LogP contribution in [-0.4, -0.2) is 42.2 Å². The van der Waals surface area contributed by atoms with E-state index in [0.29, 0.717) is 18.4 Å². The molecule has 21 heavy (non-hydrogen) atoms. The molecule has 4 nitrogen and oxygen atoms in total. The summed E-state index contributed by atoms with van der Waals surface area (Å²) >= 11 is 0. The van der Waals surface area contributed by atoms with Crippen molar-refractivity contribution in [1.29, 1.82) is 0 Å². The number of rotatable bonds is 6. The predicted octanol–water partition coefficient (Wildman–Crippen LogP) is 1.89. The van der Waals surface area contributed by atoms with Gasteiger partial charge in [0, 0.05) is 31.8 Å². The number of aliphatic hydroxyl groups is 1. The minimum absolute atomic E-state index is 0.000191. The summed E-state index contributed by atoms with van der Waals surface area (Å²) in [6.45, 7) is 7.96. The van der Waals surface area contributed by atoms with E-state index < -0.39 is 0 Å². The van der Waals surface area contributed by atoms with Crippen molar-refractivity contribution in [1.82, 2.24) is 10.2 Å². The third-order valence-electron chi connectivity index (χ3n) is 3.89. The number of carbonyl (C=O) groups excluding carboxylic acids is 1. The van der Waals surface area contributed by atoms with Gasteiger partial charge in [-0.1, -0.05) is 26.0 Å². The second kappa shape index (κ2) is 7.57. The van der Waals surface area contributed by atoms with Crippen molar-refractivity contribution in [2.45, 2.75) is 26.8 Å². The number of carbonyl (C=O) groups is 1. The fourth-order valence-corrected chi connectivity index (χ4v) is 2.67. The van der Waals surface area contributed by atoms with E-state index in [1.807, 2.05) is 18.2 Å². The fraction of sp³-hybridized carbons (Fsp3) is 0.588. The first-order valence-corrected chi connectivity index (χ1v) is 7.79. The summed E-state index contributed by atoms with van der Waals surface area (Å²) in [5, 5.41) is 12.1. The molecule has 1 aliphatic heterocycles. The van der Waals surface area contributed by atoms with Crippen LogP contribution in [-0.2, 0) is 6.54 Å². The molecule has 1 heterocycles.